The highest BCUT2D eigenvalue weighted by Crippen LogP contribution is 2.28. The van der Waals surface area contributed by atoms with Gasteiger partial charge in [0.2, 0.25) is 10.0 Å². The van der Waals surface area contributed by atoms with Gasteiger partial charge in [0.05, 0.1) is 13.2 Å². The molecule has 2 aromatic carbocycles. The Hall–Kier alpha value is -2.96. The highest BCUT2D eigenvalue weighted by atomic mass is 32.2. The van der Waals surface area contributed by atoms with Crippen LogP contribution in [0, 0.1) is 17.1 Å². The van der Waals surface area contributed by atoms with Crippen molar-refractivity contribution < 1.29 is 22.3 Å². The number of ether oxygens (including phenoxy) is 1. The van der Waals surface area contributed by atoms with Gasteiger partial charge in [-0.1, -0.05) is 32.0 Å². The Balaban J connectivity index is 2.42. The number of amides is 1. The molecule has 1 atom stereocenters. The van der Waals surface area contributed by atoms with Crippen molar-refractivity contribution in [3.8, 4) is 11.8 Å². The fourth-order valence-electron chi connectivity index (χ4n) is 2.83. The summed E-state index contributed by atoms with van der Waals surface area (Å²) in [6, 6.07) is 10.2. The summed E-state index contributed by atoms with van der Waals surface area (Å²) >= 11 is 0. The fraction of sp³-hybridized carbons (Fsp3) is 0.300. The number of hydrogen-bond donors (Lipinski definition) is 1. The first-order valence-electron chi connectivity index (χ1n) is 8.93. The van der Waals surface area contributed by atoms with Gasteiger partial charge in [-0.05, 0) is 24.3 Å². The number of hydrogen-bond acceptors (Lipinski definition) is 5. The van der Waals surface area contributed by atoms with Crippen LogP contribution in [0.1, 0.15) is 35.8 Å². The Labute approximate surface area is 169 Å². The summed E-state index contributed by atoms with van der Waals surface area (Å²) in [5, 5.41) is 11.8. The zero-order valence-corrected chi connectivity index (χ0v) is 17.2. The van der Waals surface area contributed by atoms with Gasteiger partial charge in [-0.15, -0.1) is 0 Å². The van der Waals surface area contributed by atoms with Crippen LogP contribution in [-0.4, -0.2) is 38.8 Å². The molecule has 0 heterocycles. The predicted molar refractivity (Wildman–Crippen MR) is 105 cm³/mol. The summed E-state index contributed by atoms with van der Waals surface area (Å²) in [4.78, 5) is 12.5. The van der Waals surface area contributed by atoms with Crippen molar-refractivity contribution in [2.24, 2.45) is 0 Å². The average molecular weight is 419 g/mol. The molecule has 1 N–H and O–H groups in total. The van der Waals surface area contributed by atoms with E-state index in [0.29, 0.717) is 0 Å². The zero-order chi connectivity index (χ0) is 21.6. The van der Waals surface area contributed by atoms with Crippen LogP contribution >= 0.6 is 0 Å². The molecule has 2 aromatic rings. The van der Waals surface area contributed by atoms with E-state index in [4.69, 9.17) is 4.74 Å². The van der Waals surface area contributed by atoms with Gasteiger partial charge in [0, 0.05) is 24.2 Å². The molecule has 0 spiro atoms. The lowest BCUT2D eigenvalue weighted by Gasteiger charge is -2.20. The van der Waals surface area contributed by atoms with Crippen LogP contribution < -0.4 is 10.1 Å². The minimum absolute atomic E-state index is 0.00752. The SMILES string of the molecule is CCN(CC)S(=O)(=O)c1cc(C(=O)NC(C#N)c2ccccc2F)ccc1OC. The lowest BCUT2D eigenvalue weighted by molar-refractivity contribution is 0.0944. The highest BCUT2D eigenvalue weighted by molar-refractivity contribution is 7.89. The molecular formula is C20H22FN3O4S. The third-order valence-electron chi connectivity index (χ3n) is 4.37. The molecule has 0 bridgehead atoms. The lowest BCUT2D eigenvalue weighted by atomic mass is 10.1. The van der Waals surface area contributed by atoms with Gasteiger partial charge in [-0.25, -0.2) is 12.8 Å². The maximum Gasteiger partial charge on any atom is 0.252 e. The minimum Gasteiger partial charge on any atom is -0.495 e. The van der Waals surface area contributed by atoms with Crippen molar-refractivity contribution in [1.29, 1.82) is 5.26 Å². The lowest BCUT2D eigenvalue weighted by Crippen LogP contribution is -2.32. The van der Waals surface area contributed by atoms with E-state index in [-0.39, 0.29) is 34.9 Å². The topological polar surface area (TPSA) is 99.5 Å². The molecule has 1 amide bonds. The zero-order valence-electron chi connectivity index (χ0n) is 16.3. The Morgan fingerprint density at radius 1 is 1.24 bits per heavy atom. The summed E-state index contributed by atoms with van der Waals surface area (Å²) in [5.74, 6) is -1.24. The normalized spacial score (nSPS) is 12.3. The average Bonchev–Trinajstić information content (AvgIpc) is 2.72. The van der Waals surface area contributed by atoms with Crippen LogP contribution in [-0.2, 0) is 10.0 Å². The molecule has 0 fully saturated rings. The largest absolute Gasteiger partial charge is 0.495 e. The number of halogens is 1. The molecule has 7 nitrogen and oxygen atoms in total. The van der Waals surface area contributed by atoms with E-state index in [0.717, 1.165) is 0 Å². The van der Waals surface area contributed by atoms with Crippen LogP contribution in [0.3, 0.4) is 0 Å². The summed E-state index contributed by atoms with van der Waals surface area (Å²) < 4.78 is 46.2. The number of carbonyl (C=O) groups excluding carboxylic acids is 1. The number of methoxy groups -OCH3 is 1. The maximum atomic E-state index is 14.0. The van der Waals surface area contributed by atoms with Gasteiger partial charge in [0.25, 0.3) is 5.91 Å². The standard InChI is InChI=1S/C20H22FN3O4S/c1-4-24(5-2)29(26,27)19-12-14(10-11-18(19)28-3)20(25)23-17(13-22)15-8-6-7-9-16(15)21/h6-12,17H,4-5H2,1-3H3,(H,23,25). The van der Waals surface area contributed by atoms with Crippen molar-refractivity contribution in [2.75, 3.05) is 20.2 Å². The Morgan fingerprint density at radius 2 is 1.90 bits per heavy atom. The fourth-order valence-corrected chi connectivity index (χ4v) is 4.46. The second-order valence-corrected chi connectivity index (χ2v) is 7.92. The maximum absolute atomic E-state index is 14.0. The van der Waals surface area contributed by atoms with E-state index < -0.39 is 27.8 Å². The first-order valence-corrected chi connectivity index (χ1v) is 10.4. The monoisotopic (exact) mass is 419 g/mol. The third-order valence-corrected chi connectivity index (χ3v) is 6.44. The second-order valence-electron chi connectivity index (χ2n) is 6.01. The van der Waals surface area contributed by atoms with Crippen LogP contribution in [0.2, 0.25) is 0 Å². The number of nitrogens with one attached hydrogen (secondary N) is 1. The van der Waals surface area contributed by atoms with Crippen molar-refractivity contribution in [1.82, 2.24) is 9.62 Å². The van der Waals surface area contributed by atoms with Gasteiger partial charge >= 0.3 is 0 Å². The quantitative estimate of drug-likeness (QED) is 0.709. The first kappa shape index (κ1) is 22.3. The van der Waals surface area contributed by atoms with Crippen LogP contribution in [0.25, 0.3) is 0 Å². The van der Waals surface area contributed by atoms with Crippen LogP contribution in [0.5, 0.6) is 5.75 Å². The van der Waals surface area contributed by atoms with Crippen LogP contribution in [0.15, 0.2) is 47.4 Å². The number of nitriles is 1. The van der Waals surface area contributed by atoms with E-state index in [2.05, 4.69) is 5.32 Å². The predicted octanol–water partition coefficient (Wildman–Crippen LogP) is 2.86. The first-order chi connectivity index (χ1) is 13.8. The van der Waals surface area contributed by atoms with Gasteiger partial charge in [0.1, 0.15) is 22.5 Å². The summed E-state index contributed by atoms with van der Waals surface area (Å²) in [7, 11) is -2.56. The number of rotatable bonds is 8. The molecule has 2 rings (SSSR count). The van der Waals surface area contributed by atoms with Crippen molar-refractivity contribution in [3.63, 3.8) is 0 Å². The van der Waals surface area contributed by atoms with Gasteiger partial charge in [-0.2, -0.15) is 9.57 Å². The van der Waals surface area contributed by atoms with Crippen molar-refractivity contribution >= 4 is 15.9 Å². The van der Waals surface area contributed by atoms with Crippen LogP contribution in [0.4, 0.5) is 4.39 Å². The van der Waals surface area contributed by atoms with E-state index in [1.54, 1.807) is 19.9 Å². The number of sulfonamides is 1. The number of benzene rings is 2. The van der Waals surface area contributed by atoms with Gasteiger partial charge < -0.3 is 10.1 Å². The second kappa shape index (κ2) is 9.49. The molecular weight excluding hydrogens is 397 g/mol. The molecule has 0 saturated carbocycles. The van der Waals surface area contributed by atoms with Crippen molar-refractivity contribution in [2.45, 2.75) is 24.8 Å². The number of carbonyl (C=O) groups is 1. The molecule has 154 valence electrons. The molecule has 0 saturated heterocycles. The molecule has 1 unspecified atom stereocenters. The smallest absolute Gasteiger partial charge is 0.252 e. The van der Waals surface area contributed by atoms with Gasteiger partial charge in [0.15, 0.2) is 0 Å². The molecule has 29 heavy (non-hydrogen) atoms. The van der Waals surface area contributed by atoms with E-state index >= 15 is 0 Å². The summed E-state index contributed by atoms with van der Waals surface area (Å²) in [6.07, 6.45) is 0. The summed E-state index contributed by atoms with van der Waals surface area (Å²) in [5.41, 5.74) is 0.0287. The van der Waals surface area contributed by atoms with E-state index in [1.807, 2.05) is 6.07 Å². The third kappa shape index (κ3) is 4.72. The number of nitrogens with zero attached hydrogens (tertiary/aromatic N) is 2. The molecule has 0 aromatic heterocycles. The molecule has 9 heteroatoms. The molecule has 0 aliphatic heterocycles. The Kier molecular flexibility index (Phi) is 7.31. The van der Waals surface area contributed by atoms with E-state index in [1.165, 1.54) is 47.8 Å². The summed E-state index contributed by atoms with van der Waals surface area (Å²) in [6.45, 7) is 3.91. The molecule has 0 radical (unpaired) electrons. The molecule has 0 aliphatic rings. The van der Waals surface area contributed by atoms with Crippen molar-refractivity contribution in [3.05, 3.63) is 59.4 Å². The van der Waals surface area contributed by atoms with E-state index in [9.17, 15) is 22.9 Å². The Bertz CT molecular complexity index is 1030. The van der Waals surface area contributed by atoms with Gasteiger partial charge in [-0.3, -0.25) is 4.79 Å². The Morgan fingerprint density at radius 3 is 2.45 bits per heavy atom. The minimum atomic E-state index is -3.89. The molecule has 0 aliphatic carbocycles. The highest BCUT2D eigenvalue weighted by Gasteiger charge is 2.27.